The van der Waals surface area contributed by atoms with Crippen molar-refractivity contribution in [2.75, 3.05) is 6.54 Å². The number of amides is 1. The number of benzene rings is 1. The first-order valence-electron chi connectivity index (χ1n) is 6.79. The smallest absolute Gasteiger partial charge is 0.407 e. The molecule has 1 N–H and O–H groups in total. The number of rotatable bonds is 4. The topological polar surface area (TPSA) is 38.3 Å². The lowest BCUT2D eigenvalue weighted by Gasteiger charge is -2.21. The lowest BCUT2D eigenvalue weighted by molar-refractivity contribution is 0.137. The van der Waals surface area contributed by atoms with E-state index in [4.69, 9.17) is 4.74 Å². The zero-order chi connectivity index (χ0) is 12.6. The van der Waals surface area contributed by atoms with Gasteiger partial charge in [0.25, 0.3) is 0 Å². The summed E-state index contributed by atoms with van der Waals surface area (Å²) in [7, 11) is 0. The zero-order valence-corrected chi connectivity index (χ0v) is 10.7. The molecular weight excluding hydrogens is 226 g/mol. The fraction of sp³-hybridized carbons (Fsp3) is 0.533. The molecule has 0 unspecified atom stereocenters. The van der Waals surface area contributed by atoms with E-state index in [1.165, 1.54) is 32.1 Å². The normalized spacial score (nSPS) is 16.2. The third kappa shape index (κ3) is 4.40. The Morgan fingerprint density at radius 1 is 1.17 bits per heavy atom. The van der Waals surface area contributed by atoms with Crippen LogP contribution in [0.25, 0.3) is 0 Å². The average Bonchev–Trinajstić information content (AvgIpc) is 2.45. The highest BCUT2D eigenvalue weighted by Gasteiger charge is 2.14. The Bertz CT molecular complexity index is 358. The summed E-state index contributed by atoms with van der Waals surface area (Å²) in [5.74, 6) is 0.642. The third-order valence-electron chi connectivity index (χ3n) is 3.47. The van der Waals surface area contributed by atoms with Gasteiger partial charge in [-0.1, -0.05) is 49.6 Å². The monoisotopic (exact) mass is 247 g/mol. The van der Waals surface area contributed by atoms with Crippen molar-refractivity contribution in [3.8, 4) is 0 Å². The average molecular weight is 247 g/mol. The van der Waals surface area contributed by atoms with Crippen molar-refractivity contribution in [3.05, 3.63) is 35.9 Å². The van der Waals surface area contributed by atoms with Gasteiger partial charge in [-0.25, -0.2) is 4.79 Å². The Labute approximate surface area is 109 Å². The zero-order valence-electron chi connectivity index (χ0n) is 10.7. The van der Waals surface area contributed by atoms with Gasteiger partial charge < -0.3 is 10.1 Å². The Morgan fingerprint density at radius 2 is 1.89 bits per heavy atom. The quantitative estimate of drug-likeness (QED) is 0.884. The van der Waals surface area contributed by atoms with Crippen molar-refractivity contribution in [1.82, 2.24) is 5.32 Å². The second-order valence-electron chi connectivity index (χ2n) is 4.95. The summed E-state index contributed by atoms with van der Waals surface area (Å²) in [5.41, 5.74) is 1.02. The van der Waals surface area contributed by atoms with E-state index < -0.39 is 0 Å². The molecule has 0 bridgehead atoms. The van der Waals surface area contributed by atoms with Gasteiger partial charge in [0.15, 0.2) is 0 Å². The predicted molar refractivity (Wildman–Crippen MR) is 71.2 cm³/mol. The van der Waals surface area contributed by atoms with Gasteiger partial charge in [0.2, 0.25) is 0 Å². The lowest BCUT2D eigenvalue weighted by Crippen LogP contribution is -2.30. The molecule has 3 heteroatoms. The minimum Gasteiger partial charge on any atom is -0.445 e. The van der Waals surface area contributed by atoms with Gasteiger partial charge in [-0.15, -0.1) is 0 Å². The van der Waals surface area contributed by atoms with Crippen molar-refractivity contribution in [2.45, 2.75) is 38.7 Å². The van der Waals surface area contributed by atoms with Gasteiger partial charge in [0.1, 0.15) is 6.61 Å². The van der Waals surface area contributed by atoms with E-state index >= 15 is 0 Å². The Balaban J connectivity index is 1.63. The molecule has 18 heavy (non-hydrogen) atoms. The molecule has 0 radical (unpaired) electrons. The molecule has 1 aromatic carbocycles. The van der Waals surface area contributed by atoms with E-state index in [1.54, 1.807) is 0 Å². The predicted octanol–water partition coefficient (Wildman–Crippen LogP) is 3.49. The Hall–Kier alpha value is -1.51. The lowest BCUT2D eigenvalue weighted by atomic mass is 9.89. The van der Waals surface area contributed by atoms with Crippen LogP contribution in [0.1, 0.15) is 37.7 Å². The molecule has 0 atom stereocenters. The number of hydrogen-bond donors (Lipinski definition) is 1. The van der Waals surface area contributed by atoms with Crippen LogP contribution in [0.3, 0.4) is 0 Å². The van der Waals surface area contributed by atoms with Gasteiger partial charge in [0, 0.05) is 6.54 Å². The largest absolute Gasteiger partial charge is 0.445 e. The molecule has 0 aromatic heterocycles. The van der Waals surface area contributed by atoms with Crippen LogP contribution < -0.4 is 5.32 Å². The van der Waals surface area contributed by atoms with Crippen LogP contribution in [0.5, 0.6) is 0 Å². The first-order valence-corrected chi connectivity index (χ1v) is 6.79. The van der Waals surface area contributed by atoms with E-state index in [-0.39, 0.29) is 6.09 Å². The van der Waals surface area contributed by atoms with Crippen LogP contribution >= 0.6 is 0 Å². The molecule has 1 aromatic rings. The van der Waals surface area contributed by atoms with Crippen molar-refractivity contribution < 1.29 is 9.53 Å². The maximum Gasteiger partial charge on any atom is 0.407 e. The number of carbonyl (C=O) groups excluding carboxylic acids is 1. The first-order chi connectivity index (χ1) is 8.84. The summed E-state index contributed by atoms with van der Waals surface area (Å²) < 4.78 is 5.17. The molecule has 2 rings (SSSR count). The molecule has 3 nitrogen and oxygen atoms in total. The summed E-state index contributed by atoms with van der Waals surface area (Å²) in [6.07, 6.45) is 6.10. The summed E-state index contributed by atoms with van der Waals surface area (Å²) >= 11 is 0. The molecule has 1 saturated carbocycles. The molecule has 0 heterocycles. The highest BCUT2D eigenvalue weighted by atomic mass is 16.5. The molecule has 1 fully saturated rings. The summed E-state index contributed by atoms with van der Waals surface area (Å²) in [4.78, 5) is 11.5. The molecule has 0 spiro atoms. The molecule has 0 saturated heterocycles. The SMILES string of the molecule is O=C(NCC1CCCCC1)OCc1ccccc1. The van der Waals surface area contributed by atoms with Crippen LogP contribution in [-0.2, 0) is 11.3 Å². The minimum absolute atomic E-state index is 0.301. The van der Waals surface area contributed by atoms with Crippen molar-refractivity contribution in [3.63, 3.8) is 0 Å². The van der Waals surface area contributed by atoms with Crippen molar-refractivity contribution in [1.29, 1.82) is 0 Å². The standard InChI is InChI=1S/C15H21NO2/c17-15(16-11-13-7-3-1-4-8-13)18-12-14-9-5-2-6-10-14/h2,5-6,9-10,13H,1,3-4,7-8,11-12H2,(H,16,17). The van der Waals surface area contributed by atoms with Crippen LogP contribution in [0, 0.1) is 5.92 Å². The molecule has 1 aliphatic carbocycles. The van der Waals surface area contributed by atoms with Gasteiger partial charge in [-0.2, -0.15) is 0 Å². The van der Waals surface area contributed by atoms with Gasteiger partial charge in [0.05, 0.1) is 0 Å². The van der Waals surface area contributed by atoms with Crippen LogP contribution in [0.2, 0.25) is 0 Å². The number of ether oxygens (including phenoxy) is 1. The molecule has 98 valence electrons. The maximum atomic E-state index is 11.5. The van der Waals surface area contributed by atoms with Gasteiger partial charge >= 0.3 is 6.09 Å². The van der Waals surface area contributed by atoms with Crippen molar-refractivity contribution in [2.24, 2.45) is 5.92 Å². The first kappa shape index (κ1) is 12.9. The molecule has 0 aliphatic heterocycles. The van der Waals surface area contributed by atoms with E-state index in [1.807, 2.05) is 30.3 Å². The Kier molecular flexibility index (Phi) is 5.06. The number of hydrogen-bond acceptors (Lipinski definition) is 2. The summed E-state index contributed by atoms with van der Waals surface area (Å²) in [6, 6.07) is 9.74. The molecule has 1 amide bonds. The van der Waals surface area contributed by atoms with E-state index in [2.05, 4.69) is 5.32 Å². The van der Waals surface area contributed by atoms with Crippen LogP contribution in [-0.4, -0.2) is 12.6 Å². The number of carbonyl (C=O) groups is 1. The molecule has 1 aliphatic rings. The fourth-order valence-corrected chi connectivity index (χ4v) is 2.39. The van der Waals surface area contributed by atoms with E-state index in [0.29, 0.717) is 12.5 Å². The second kappa shape index (κ2) is 7.04. The number of alkyl carbamates (subject to hydrolysis) is 1. The van der Waals surface area contributed by atoms with Crippen LogP contribution in [0.15, 0.2) is 30.3 Å². The summed E-state index contributed by atoms with van der Waals surface area (Å²) in [5, 5.41) is 2.86. The summed E-state index contributed by atoms with van der Waals surface area (Å²) in [6.45, 7) is 1.10. The molecular formula is C15H21NO2. The van der Waals surface area contributed by atoms with Gasteiger partial charge in [-0.05, 0) is 24.3 Å². The third-order valence-corrected chi connectivity index (χ3v) is 3.47. The minimum atomic E-state index is -0.301. The number of nitrogens with one attached hydrogen (secondary N) is 1. The van der Waals surface area contributed by atoms with Gasteiger partial charge in [-0.3, -0.25) is 0 Å². The van der Waals surface area contributed by atoms with Crippen molar-refractivity contribution >= 4 is 6.09 Å². The maximum absolute atomic E-state index is 11.5. The fourth-order valence-electron chi connectivity index (χ4n) is 2.39. The highest BCUT2D eigenvalue weighted by Crippen LogP contribution is 2.22. The second-order valence-corrected chi connectivity index (χ2v) is 4.95. The Morgan fingerprint density at radius 3 is 2.61 bits per heavy atom. The van der Waals surface area contributed by atoms with E-state index in [9.17, 15) is 4.79 Å². The van der Waals surface area contributed by atoms with E-state index in [0.717, 1.165) is 12.1 Å². The highest BCUT2D eigenvalue weighted by molar-refractivity contribution is 5.67. The van der Waals surface area contributed by atoms with Crippen LogP contribution in [0.4, 0.5) is 4.79 Å².